The zero-order valence-electron chi connectivity index (χ0n) is 15.7. The lowest BCUT2D eigenvalue weighted by Crippen LogP contribution is -2.08. The van der Waals surface area contributed by atoms with Gasteiger partial charge < -0.3 is 9.32 Å². The molecule has 3 heterocycles. The Balaban J connectivity index is 1.48. The van der Waals surface area contributed by atoms with Crippen molar-refractivity contribution in [3.05, 3.63) is 60.4 Å². The number of anilines is 1. The van der Waals surface area contributed by atoms with Gasteiger partial charge in [0.15, 0.2) is 0 Å². The van der Waals surface area contributed by atoms with Crippen LogP contribution in [-0.2, 0) is 6.54 Å². The summed E-state index contributed by atoms with van der Waals surface area (Å²) in [5, 5.41) is 15.3. The number of halogens is 2. The summed E-state index contributed by atoms with van der Waals surface area (Å²) in [6.45, 7) is 0.409. The molecular formula is C19H17F2N7O. The average Bonchev–Trinajstić information content (AvgIpc) is 3.39. The van der Waals surface area contributed by atoms with Gasteiger partial charge in [0.1, 0.15) is 5.69 Å². The molecule has 0 saturated heterocycles. The molecule has 4 rings (SSSR count). The van der Waals surface area contributed by atoms with Gasteiger partial charge in [-0.2, -0.15) is 8.78 Å². The Kier molecular flexibility index (Phi) is 4.98. The molecule has 1 aromatic carbocycles. The van der Waals surface area contributed by atoms with Crippen LogP contribution in [-0.4, -0.2) is 44.3 Å². The molecule has 0 amide bonds. The van der Waals surface area contributed by atoms with Crippen LogP contribution < -0.4 is 4.90 Å². The Morgan fingerprint density at radius 1 is 1.07 bits per heavy atom. The van der Waals surface area contributed by atoms with Crippen molar-refractivity contribution in [1.29, 1.82) is 0 Å². The predicted molar refractivity (Wildman–Crippen MR) is 101 cm³/mol. The molecule has 0 bridgehead atoms. The highest BCUT2D eigenvalue weighted by Crippen LogP contribution is 2.24. The Morgan fingerprint density at radius 3 is 2.62 bits per heavy atom. The Labute approximate surface area is 164 Å². The number of aromatic nitrogens is 6. The van der Waals surface area contributed by atoms with E-state index in [1.54, 1.807) is 16.8 Å². The quantitative estimate of drug-likeness (QED) is 0.493. The number of hydrogen-bond donors (Lipinski definition) is 0. The van der Waals surface area contributed by atoms with E-state index in [1.807, 2.05) is 49.5 Å². The number of rotatable bonds is 6. The van der Waals surface area contributed by atoms with Crippen molar-refractivity contribution in [2.24, 2.45) is 0 Å². The van der Waals surface area contributed by atoms with Crippen molar-refractivity contribution in [1.82, 2.24) is 30.2 Å². The third-order valence-corrected chi connectivity index (χ3v) is 4.22. The van der Waals surface area contributed by atoms with Crippen molar-refractivity contribution in [3.63, 3.8) is 0 Å². The van der Waals surface area contributed by atoms with Crippen molar-refractivity contribution < 1.29 is 13.2 Å². The van der Waals surface area contributed by atoms with E-state index in [2.05, 4.69) is 25.5 Å². The minimum atomic E-state index is -2.80. The zero-order valence-corrected chi connectivity index (χ0v) is 15.7. The molecule has 148 valence electrons. The largest absolute Gasteiger partial charge is 0.415 e. The van der Waals surface area contributed by atoms with E-state index in [-0.39, 0.29) is 5.89 Å². The molecule has 10 heteroatoms. The maximum atomic E-state index is 12.6. The first-order chi connectivity index (χ1) is 14.0. The number of nitrogens with zero attached hydrogens (tertiary/aromatic N) is 7. The first-order valence-electron chi connectivity index (χ1n) is 8.74. The summed E-state index contributed by atoms with van der Waals surface area (Å²) in [5.74, 6) is -0.708. The van der Waals surface area contributed by atoms with Gasteiger partial charge in [-0.1, -0.05) is 17.3 Å². The van der Waals surface area contributed by atoms with Gasteiger partial charge in [0.25, 0.3) is 5.89 Å². The summed E-state index contributed by atoms with van der Waals surface area (Å²) >= 11 is 0. The molecule has 8 nitrogen and oxygen atoms in total. The van der Waals surface area contributed by atoms with Crippen molar-refractivity contribution in [2.75, 3.05) is 19.0 Å². The van der Waals surface area contributed by atoms with Gasteiger partial charge in [0.2, 0.25) is 5.89 Å². The van der Waals surface area contributed by atoms with Gasteiger partial charge in [-0.25, -0.2) is 4.68 Å². The number of hydrogen-bond acceptors (Lipinski definition) is 7. The molecule has 0 fully saturated rings. The van der Waals surface area contributed by atoms with Crippen LogP contribution in [0.2, 0.25) is 0 Å². The van der Waals surface area contributed by atoms with Gasteiger partial charge in [0, 0.05) is 31.5 Å². The smallest absolute Gasteiger partial charge is 0.314 e. The summed E-state index contributed by atoms with van der Waals surface area (Å²) in [5.41, 5.74) is 3.99. The van der Waals surface area contributed by atoms with Crippen molar-refractivity contribution in [3.8, 4) is 22.7 Å². The summed E-state index contributed by atoms with van der Waals surface area (Å²) in [4.78, 5) is 6.33. The lowest BCUT2D eigenvalue weighted by Gasteiger charge is -2.12. The molecule has 0 atom stereocenters. The zero-order chi connectivity index (χ0) is 20.4. The minimum Gasteiger partial charge on any atom is -0.415 e. The highest BCUT2D eigenvalue weighted by atomic mass is 19.3. The summed E-state index contributed by atoms with van der Waals surface area (Å²) in [7, 11) is 3.96. The fourth-order valence-corrected chi connectivity index (χ4v) is 2.70. The lowest BCUT2D eigenvalue weighted by molar-refractivity contribution is 0.116. The van der Waals surface area contributed by atoms with Crippen LogP contribution in [0, 0.1) is 0 Å². The van der Waals surface area contributed by atoms with Crippen LogP contribution in [0.25, 0.3) is 22.7 Å². The van der Waals surface area contributed by atoms with Crippen LogP contribution in [0.4, 0.5) is 14.5 Å². The van der Waals surface area contributed by atoms with Gasteiger partial charge in [-0.05, 0) is 24.3 Å². The van der Waals surface area contributed by atoms with E-state index >= 15 is 0 Å². The molecule has 0 saturated carbocycles. The van der Waals surface area contributed by atoms with E-state index in [1.165, 1.54) is 6.20 Å². The molecule has 0 aliphatic carbocycles. The highest BCUT2D eigenvalue weighted by molar-refractivity contribution is 5.64. The third-order valence-electron chi connectivity index (χ3n) is 4.22. The second kappa shape index (κ2) is 7.74. The molecular weight excluding hydrogens is 380 g/mol. The molecule has 29 heavy (non-hydrogen) atoms. The van der Waals surface area contributed by atoms with Crippen LogP contribution in [0.3, 0.4) is 0 Å². The summed E-state index contributed by atoms with van der Waals surface area (Å²) < 4.78 is 31.7. The fraction of sp³-hybridized carbons (Fsp3) is 0.211. The topological polar surface area (TPSA) is 85.8 Å². The number of benzene rings is 1. The average molecular weight is 397 g/mol. The predicted octanol–water partition coefficient (Wildman–Crippen LogP) is 3.44. The van der Waals surface area contributed by atoms with E-state index in [4.69, 9.17) is 4.42 Å². The third kappa shape index (κ3) is 4.10. The number of alkyl halides is 2. The van der Waals surface area contributed by atoms with Crippen LogP contribution in [0.1, 0.15) is 18.0 Å². The van der Waals surface area contributed by atoms with Crippen molar-refractivity contribution in [2.45, 2.75) is 13.0 Å². The Hall–Kier alpha value is -3.69. The molecule has 0 aliphatic heterocycles. The summed E-state index contributed by atoms with van der Waals surface area (Å²) in [6, 6.07) is 11.4. The van der Waals surface area contributed by atoms with Gasteiger partial charge >= 0.3 is 6.43 Å². The lowest BCUT2D eigenvalue weighted by atomic mass is 10.1. The van der Waals surface area contributed by atoms with E-state index in [0.717, 1.165) is 22.6 Å². The molecule has 0 radical (unpaired) electrons. The SMILES string of the molecule is CN(C)c1cccc(-c2cn(Cc3ccc(-c4nnc(C(F)F)o4)cn3)nn2)c1. The summed E-state index contributed by atoms with van der Waals surface area (Å²) in [6.07, 6.45) is 0.539. The molecule has 0 aliphatic rings. The Morgan fingerprint density at radius 2 is 1.93 bits per heavy atom. The van der Waals surface area contributed by atoms with E-state index in [0.29, 0.717) is 12.1 Å². The first kappa shape index (κ1) is 18.7. The fourth-order valence-electron chi connectivity index (χ4n) is 2.70. The van der Waals surface area contributed by atoms with Crippen molar-refractivity contribution >= 4 is 5.69 Å². The highest BCUT2D eigenvalue weighted by Gasteiger charge is 2.17. The second-order valence-electron chi connectivity index (χ2n) is 6.53. The number of pyridine rings is 1. The normalized spacial score (nSPS) is 11.2. The second-order valence-corrected chi connectivity index (χ2v) is 6.53. The Bertz CT molecular complexity index is 1110. The van der Waals surface area contributed by atoms with Gasteiger partial charge in [-0.3, -0.25) is 4.98 Å². The molecule has 3 aromatic heterocycles. The van der Waals surface area contributed by atoms with Crippen LogP contribution >= 0.6 is 0 Å². The monoisotopic (exact) mass is 397 g/mol. The maximum absolute atomic E-state index is 12.6. The van der Waals surface area contributed by atoms with E-state index in [9.17, 15) is 8.78 Å². The van der Waals surface area contributed by atoms with Gasteiger partial charge in [-0.15, -0.1) is 15.3 Å². The molecule has 0 unspecified atom stereocenters. The standard InChI is InChI=1S/C19H17F2N7O/c1-27(2)15-5-3-4-12(8-15)16-11-28(26-23-16)10-14-7-6-13(9-22-14)18-24-25-19(29-18)17(20)21/h3-9,11,17H,10H2,1-2H3. The van der Waals surface area contributed by atoms with Crippen LogP contribution in [0.5, 0.6) is 0 Å². The van der Waals surface area contributed by atoms with E-state index < -0.39 is 12.3 Å². The van der Waals surface area contributed by atoms with Crippen LogP contribution in [0.15, 0.2) is 53.2 Å². The first-order valence-corrected chi connectivity index (χ1v) is 8.74. The molecule has 0 spiro atoms. The maximum Gasteiger partial charge on any atom is 0.314 e. The van der Waals surface area contributed by atoms with Gasteiger partial charge in [0.05, 0.1) is 24.0 Å². The molecule has 0 N–H and O–H groups in total. The molecule has 4 aromatic rings. The minimum absolute atomic E-state index is 0.00293.